The zero-order chi connectivity index (χ0) is 15.6. The Balaban J connectivity index is 1.90. The van der Waals surface area contributed by atoms with Crippen LogP contribution >= 0.6 is 11.6 Å². The summed E-state index contributed by atoms with van der Waals surface area (Å²) in [6, 6.07) is 20.4. The zero-order valence-corrected chi connectivity index (χ0v) is 12.9. The van der Waals surface area contributed by atoms with Crippen molar-refractivity contribution in [3.63, 3.8) is 0 Å². The van der Waals surface area contributed by atoms with Crippen LogP contribution < -0.4 is 0 Å². The molecular formula is C19H12ClN3. The van der Waals surface area contributed by atoms with Crippen LogP contribution in [0.15, 0.2) is 73.3 Å². The predicted molar refractivity (Wildman–Crippen MR) is 93.2 cm³/mol. The first-order valence-corrected chi connectivity index (χ1v) is 7.60. The van der Waals surface area contributed by atoms with Gasteiger partial charge in [-0.2, -0.15) is 0 Å². The molecule has 110 valence electrons. The van der Waals surface area contributed by atoms with Gasteiger partial charge < -0.3 is 0 Å². The molecule has 0 radical (unpaired) electrons. The van der Waals surface area contributed by atoms with Crippen molar-refractivity contribution >= 4 is 22.4 Å². The highest BCUT2D eigenvalue weighted by Gasteiger charge is 2.09. The van der Waals surface area contributed by atoms with E-state index in [1.165, 1.54) is 12.7 Å². The molecule has 0 aliphatic heterocycles. The molecule has 0 bridgehead atoms. The Hall–Kier alpha value is -2.78. The molecule has 0 fully saturated rings. The maximum Gasteiger partial charge on any atom is 0.163 e. The van der Waals surface area contributed by atoms with Crippen molar-refractivity contribution in [2.24, 2.45) is 0 Å². The molecule has 23 heavy (non-hydrogen) atoms. The quantitative estimate of drug-likeness (QED) is 0.521. The van der Waals surface area contributed by atoms with E-state index in [1.54, 1.807) is 0 Å². The van der Waals surface area contributed by atoms with Crippen molar-refractivity contribution in [3.8, 4) is 22.5 Å². The lowest BCUT2D eigenvalue weighted by Gasteiger charge is -2.09. The average Bonchev–Trinajstić information content (AvgIpc) is 2.62. The standard InChI is InChI=1S/C19H12ClN3/c20-16-8-7-13-9-15(6-5-14(13)10-16)17-3-1-2-4-18(17)19-22-11-21-12-23-19/h1-12H. The normalized spacial score (nSPS) is 10.8. The van der Waals surface area contributed by atoms with E-state index in [4.69, 9.17) is 11.6 Å². The number of benzene rings is 3. The van der Waals surface area contributed by atoms with E-state index in [0.717, 1.165) is 32.5 Å². The van der Waals surface area contributed by atoms with Gasteiger partial charge in [0.2, 0.25) is 0 Å². The van der Waals surface area contributed by atoms with Crippen molar-refractivity contribution in [1.29, 1.82) is 0 Å². The summed E-state index contributed by atoms with van der Waals surface area (Å²) in [5.74, 6) is 0.673. The average molecular weight is 318 g/mol. The van der Waals surface area contributed by atoms with Gasteiger partial charge in [-0.15, -0.1) is 0 Å². The van der Waals surface area contributed by atoms with Gasteiger partial charge in [-0.25, -0.2) is 15.0 Å². The van der Waals surface area contributed by atoms with Crippen molar-refractivity contribution in [2.45, 2.75) is 0 Å². The summed E-state index contributed by atoms with van der Waals surface area (Å²) in [5, 5.41) is 3.02. The van der Waals surface area contributed by atoms with Crippen LogP contribution in [-0.4, -0.2) is 15.0 Å². The molecule has 0 unspecified atom stereocenters. The molecular weight excluding hydrogens is 306 g/mol. The van der Waals surface area contributed by atoms with Crippen molar-refractivity contribution < 1.29 is 0 Å². The topological polar surface area (TPSA) is 38.7 Å². The minimum atomic E-state index is 0.673. The molecule has 3 aromatic carbocycles. The first-order valence-electron chi connectivity index (χ1n) is 7.22. The summed E-state index contributed by atoms with van der Waals surface area (Å²) in [4.78, 5) is 12.4. The molecule has 0 amide bonds. The number of rotatable bonds is 2. The minimum absolute atomic E-state index is 0.673. The first-order chi connectivity index (χ1) is 11.3. The molecule has 0 aliphatic rings. The van der Waals surface area contributed by atoms with Crippen LogP contribution in [0.25, 0.3) is 33.3 Å². The Labute approximate surface area is 138 Å². The Morgan fingerprint density at radius 2 is 1.39 bits per heavy atom. The van der Waals surface area contributed by atoms with Gasteiger partial charge in [-0.1, -0.05) is 54.1 Å². The Kier molecular flexibility index (Phi) is 3.48. The molecule has 0 spiro atoms. The van der Waals surface area contributed by atoms with E-state index >= 15 is 0 Å². The third kappa shape index (κ3) is 2.67. The maximum atomic E-state index is 6.06. The number of hydrogen-bond acceptors (Lipinski definition) is 3. The number of aromatic nitrogens is 3. The van der Waals surface area contributed by atoms with Crippen LogP contribution in [0.5, 0.6) is 0 Å². The van der Waals surface area contributed by atoms with Crippen LogP contribution in [0.1, 0.15) is 0 Å². The minimum Gasteiger partial charge on any atom is -0.225 e. The Bertz CT molecular complexity index is 984. The number of fused-ring (bicyclic) bond motifs is 1. The molecule has 4 aromatic rings. The Morgan fingerprint density at radius 1 is 0.696 bits per heavy atom. The Morgan fingerprint density at radius 3 is 2.22 bits per heavy atom. The molecule has 4 heteroatoms. The summed E-state index contributed by atoms with van der Waals surface area (Å²) in [6.45, 7) is 0. The summed E-state index contributed by atoms with van der Waals surface area (Å²) in [7, 11) is 0. The second-order valence-electron chi connectivity index (χ2n) is 5.21. The summed E-state index contributed by atoms with van der Waals surface area (Å²) < 4.78 is 0. The highest BCUT2D eigenvalue weighted by atomic mass is 35.5. The smallest absolute Gasteiger partial charge is 0.163 e. The van der Waals surface area contributed by atoms with Gasteiger partial charge in [0.05, 0.1) is 0 Å². The monoisotopic (exact) mass is 317 g/mol. The van der Waals surface area contributed by atoms with E-state index < -0.39 is 0 Å². The fourth-order valence-electron chi connectivity index (χ4n) is 2.69. The van der Waals surface area contributed by atoms with E-state index in [9.17, 15) is 0 Å². The summed E-state index contributed by atoms with van der Waals surface area (Å²) in [6.07, 6.45) is 3.03. The van der Waals surface area contributed by atoms with Crippen LogP contribution in [-0.2, 0) is 0 Å². The van der Waals surface area contributed by atoms with Gasteiger partial charge in [0.1, 0.15) is 12.7 Å². The van der Waals surface area contributed by atoms with Crippen molar-refractivity contribution in [3.05, 3.63) is 78.3 Å². The first kappa shape index (κ1) is 13.9. The number of nitrogens with zero attached hydrogens (tertiary/aromatic N) is 3. The molecule has 0 aliphatic carbocycles. The molecule has 0 saturated heterocycles. The molecule has 1 heterocycles. The highest BCUT2D eigenvalue weighted by Crippen LogP contribution is 2.32. The second kappa shape index (κ2) is 5.78. The summed E-state index contributed by atoms with van der Waals surface area (Å²) >= 11 is 6.06. The lowest BCUT2D eigenvalue weighted by Crippen LogP contribution is -1.92. The molecule has 4 rings (SSSR count). The number of halogens is 1. The van der Waals surface area contributed by atoms with E-state index in [1.807, 2.05) is 36.4 Å². The van der Waals surface area contributed by atoms with Gasteiger partial charge in [0.25, 0.3) is 0 Å². The van der Waals surface area contributed by atoms with Gasteiger partial charge in [-0.05, 0) is 40.1 Å². The lowest BCUT2D eigenvalue weighted by molar-refractivity contribution is 1.06. The van der Waals surface area contributed by atoms with Crippen LogP contribution in [0.2, 0.25) is 5.02 Å². The SMILES string of the molecule is Clc1ccc2cc(-c3ccccc3-c3ncncn3)ccc2c1. The fraction of sp³-hybridized carbons (Fsp3) is 0. The zero-order valence-electron chi connectivity index (χ0n) is 12.1. The van der Waals surface area contributed by atoms with Gasteiger partial charge in [-0.3, -0.25) is 0 Å². The maximum absolute atomic E-state index is 6.06. The van der Waals surface area contributed by atoms with Crippen LogP contribution in [0.4, 0.5) is 0 Å². The van der Waals surface area contributed by atoms with E-state index in [2.05, 4.69) is 39.2 Å². The third-order valence-corrected chi connectivity index (χ3v) is 4.01. The third-order valence-electron chi connectivity index (χ3n) is 3.77. The van der Waals surface area contributed by atoms with Crippen molar-refractivity contribution in [1.82, 2.24) is 15.0 Å². The molecule has 1 aromatic heterocycles. The van der Waals surface area contributed by atoms with Gasteiger partial charge in [0.15, 0.2) is 5.82 Å². The lowest BCUT2D eigenvalue weighted by atomic mass is 9.97. The highest BCUT2D eigenvalue weighted by molar-refractivity contribution is 6.31. The van der Waals surface area contributed by atoms with Crippen LogP contribution in [0.3, 0.4) is 0 Å². The van der Waals surface area contributed by atoms with Crippen LogP contribution in [0, 0.1) is 0 Å². The van der Waals surface area contributed by atoms with E-state index in [-0.39, 0.29) is 0 Å². The number of hydrogen-bond donors (Lipinski definition) is 0. The molecule has 0 N–H and O–H groups in total. The fourth-order valence-corrected chi connectivity index (χ4v) is 2.87. The van der Waals surface area contributed by atoms with Gasteiger partial charge in [0, 0.05) is 10.6 Å². The molecule has 0 atom stereocenters. The molecule has 3 nitrogen and oxygen atoms in total. The summed E-state index contributed by atoms with van der Waals surface area (Å²) in [5.41, 5.74) is 3.20. The second-order valence-corrected chi connectivity index (χ2v) is 5.65. The molecule has 0 saturated carbocycles. The van der Waals surface area contributed by atoms with Gasteiger partial charge >= 0.3 is 0 Å². The van der Waals surface area contributed by atoms with E-state index in [0.29, 0.717) is 5.82 Å². The van der Waals surface area contributed by atoms with Crippen molar-refractivity contribution in [2.75, 3.05) is 0 Å². The predicted octanol–water partition coefficient (Wildman–Crippen LogP) is 5.01. The largest absolute Gasteiger partial charge is 0.225 e.